The maximum Gasteiger partial charge on any atom is 0.332 e. The molecule has 28 heavy (non-hydrogen) atoms. The third kappa shape index (κ3) is 4.35. The molecular weight excluding hydrogens is 382 g/mol. The molecular formula is C19H25N3O5S. The zero-order valence-corrected chi connectivity index (χ0v) is 16.9. The van der Waals surface area contributed by atoms with Crippen molar-refractivity contribution in [2.45, 2.75) is 51.9 Å². The van der Waals surface area contributed by atoms with E-state index in [-0.39, 0.29) is 6.42 Å². The first kappa shape index (κ1) is 20.3. The summed E-state index contributed by atoms with van der Waals surface area (Å²) in [6.07, 6.45) is 5.37. The highest BCUT2D eigenvalue weighted by Crippen LogP contribution is 2.38. The van der Waals surface area contributed by atoms with Crippen molar-refractivity contribution >= 4 is 33.6 Å². The zero-order valence-electron chi connectivity index (χ0n) is 16.1. The van der Waals surface area contributed by atoms with E-state index in [1.165, 1.54) is 25.1 Å². The van der Waals surface area contributed by atoms with Crippen molar-refractivity contribution in [3.8, 4) is 0 Å². The Balaban J connectivity index is 1.66. The minimum absolute atomic E-state index is 0.380. The molecule has 0 aliphatic heterocycles. The third-order valence-corrected chi connectivity index (χ3v) is 6.63. The number of hydrogen-bond acceptors (Lipinski definition) is 5. The van der Waals surface area contributed by atoms with Crippen molar-refractivity contribution in [2.75, 3.05) is 18.1 Å². The Kier molecular flexibility index (Phi) is 5.74. The average Bonchev–Trinajstić information content (AvgIpc) is 3.27. The van der Waals surface area contributed by atoms with Crippen LogP contribution in [0.4, 0.5) is 10.5 Å². The quantitative estimate of drug-likeness (QED) is 0.768. The van der Waals surface area contributed by atoms with Gasteiger partial charge in [-0.15, -0.1) is 0 Å². The third-order valence-electron chi connectivity index (χ3n) is 5.39. The Morgan fingerprint density at radius 1 is 1.04 bits per heavy atom. The smallest absolute Gasteiger partial charge is 0.307 e. The van der Waals surface area contributed by atoms with E-state index in [9.17, 15) is 22.8 Å². The molecule has 4 amide bonds. The number of carbonyl (C=O) groups excluding carboxylic acids is 3. The van der Waals surface area contributed by atoms with Crippen LogP contribution in [0, 0.1) is 0 Å². The fraction of sp³-hybridized carbons (Fsp3) is 0.526. The molecule has 2 aliphatic rings. The highest BCUT2D eigenvalue weighted by Gasteiger charge is 2.26. The molecule has 152 valence electrons. The van der Waals surface area contributed by atoms with Gasteiger partial charge in [0, 0.05) is 26.1 Å². The molecule has 3 rings (SSSR count). The molecule has 2 aliphatic carbocycles. The maximum atomic E-state index is 12.4. The molecule has 0 aromatic heterocycles. The monoisotopic (exact) mass is 407 g/mol. The lowest BCUT2D eigenvalue weighted by Crippen LogP contribution is -2.38. The van der Waals surface area contributed by atoms with Crippen LogP contribution in [0.25, 0.3) is 0 Å². The Morgan fingerprint density at radius 3 is 2.14 bits per heavy atom. The predicted molar refractivity (Wildman–Crippen MR) is 105 cm³/mol. The van der Waals surface area contributed by atoms with Gasteiger partial charge >= 0.3 is 6.03 Å². The van der Waals surface area contributed by atoms with Gasteiger partial charge in [0.25, 0.3) is 0 Å². The number of fused-ring (bicyclic) bond motifs is 2. The van der Waals surface area contributed by atoms with E-state index in [0.717, 1.165) is 60.2 Å². The number of aryl methyl sites for hydroxylation is 2. The zero-order chi connectivity index (χ0) is 20.5. The first-order chi connectivity index (χ1) is 13.2. The molecule has 0 fully saturated rings. The summed E-state index contributed by atoms with van der Waals surface area (Å²) < 4.78 is 26.3. The van der Waals surface area contributed by atoms with Gasteiger partial charge in [0.2, 0.25) is 21.8 Å². The minimum Gasteiger partial charge on any atom is -0.307 e. The van der Waals surface area contributed by atoms with Crippen molar-refractivity contribution in [3.05, 3.63) is 28.3 Å². The Labute approximate surface area is 164 Å². The number of imide groups is 1. The summed E-state index contributed by atoms with van der Waals surface area (Å²) in [4.78, 5) is 36.1. The number of urea groups is 1. The van der Waals surface area contributed by atoms with E-state index >= 15 is 0 Å². The Morgan fingerprint density at radius 2 is 1.61 bits per heavy atom. The summed E-state index contributed by atoms with van der Waals surface area (Å²) in [5, 5.41) is 2.75. The van der Waals surface area contributed by atoms with Crippen molar-refractivity contribution in [1.29, 1.82) is 0 Å². The van der Waals surface area contributed by atoms with Gasteiger partial charge in [-0.2, -0.15) is 0 Å². The van der Waals surface area contributed by atoms with Gasteiger partial charge in [-0.05, 0) is 60.8 Å². The van der Waals surface area contributed by atoms with Crippen LogP contribution in [0.5, 0.6) is 0 Å². The van der Waals surface area contributed by atoms with E-state index < -0.39 is 33.6 Å². The number of anilines is 1. The van der Waals surface area contributed by atoms with Gasteiger partial charge in [-0.1, -0.05) is 6.07 Å². The summed E-state index contributed by atoms with van der Waals surface area (Å²) in [5.41, 5.74) is 5.42. The number of amides is 4. The minimum atomic E-state index is -4.00. The second-order valence-corrected chi connectivity index (χ2v) is 9.17. The number of hydrogen-bond donors (Lipinski definition) is 2. The molecule has 1 aromatic carbocycles. The predicted octanol–water partition coefficient (Wildman–Crippen LogP) is 1.51. The van der Waals surface area contributed by atoms with Gasteiger partial charge in [-0.3, -0.25) is 14.5 Å². The lowest BCUT2D eigenvalue weighted by Gasteiger charge is -2.17. The molecule has 2 N–H and O–H groups in total. The number of carbonyl (C=O) groups is 3. The van der Waals surface area contributed by atoms with E-state index in [1.54, 1.807) is 0 Å². The first-order valence-corrected chi connectivity index (χ1v) is 11.1. The average molecular weight is 407 g/mol. The highest BCUT2D eigenvalue weighted by atomic mass is 32.2. The van der Waals surface area contributed by atoms with Gasteiger partial charge in [-0.25, -0.2) is 17.9 Å². The molecule has 0 saturated heterocycles. The fourth-order valence-electron chi connectivity index (χ4n) is 3.86. The number of sulfonamides is 1. The molecule has 0 atom stereocenters. The van der Waals surface area contributed by atoms with Crippen LogP contribution < -0.4 is 10.0 Å². The Hall–Kier alpha value is -2.42. The molecule has 0 saturated carbocycles. The number of nitrogens with one attached hydrogen (secondary N) is 2. The largest absolute Gasteiger partial charge is 0.332 e. The second-order valence-electron chi connectivity index (χ2n) is 7.33. The van der Waals surface area contributed by atoms with Crippen LogP contribution in [0.2, 0.25) is 0 Å². The summed E-state index contributed by atoms with van der Waals surface area (Å²) in [5.74, 6) is -1.65. The molecule has 0 bridgehead atoms. The number of benzene rings is 1. The summed E-state index contributed by atoms with van der Waals surface area (Å²) >= 11 is 0. The van der Waals surface area contributed by atoms with Crippen molar-refractivity contribution in [2.24, 2.45) is 0 Å². The van der Waals surface area contributed by atoms with E-state index in [1.807, 2.05) is 4.72 Å². The van der Waals surface area contributed by atoms with Crippen molar-refractivity contribution in [3.63, 3.8) is 0 Å². The molecule has 9 heteroatoms. The highest BCUT2D eigenvalue weighted by molar-refractivity contribution is 7.90. The van der Waals surface area contributed by atoms with Crippen molar-refractivity contribution < 1.29 is 22.8 Å². The van der Waals surface area contributed by atoms with Crippen LogP contribution in [-0.2, 0) is 45.3 Å². The molecule has 8 nitrogen and oxygen atoms in total. The SMILES string of the molecule is CC(=O)N(C)C(=O)CCS(=O)(=O)NC(=O)Nc1c2c(cc3c1CCC3)CCC2. The van der Waals surface area contributed by atoms with Crippen molar-refractivity contribution in [1.82, 2.24) is 9.62 Å². The van der Waals surface area contributed by atoms with E-state index in [0.29, 0.717) is 0 Å². The van der Waals surface area contributed by atoms with Crippen LogP contribution >= 0.6 is 0 Å². The van der Waals surface area contributed by atoms with Crippen LogP contribution in [0.1, 0.15) is 48.4 Å². The molecule has 0 radical (unpaired) electrons. The van der Waals surface area contributed by atoms with Gasteiger partial charge in [0.1, 0.15) is 0 Å². The second kappa shape index (κ2) is 7.90. The number of nitrogens with zero attached hydrogens (tertiary/aromatic N) is 1. The van der Waals surface area contributed by atoms with Gasteiger partial charge in [0.15, 0.2) is 0 Å². The van der Waals surface area contributed by atoms with E-state index in [4.69, 9.17) is 0 Å². The Bertz CT molecular complexity index is 907. The lowest BCUT2D eigenvalue weighted by atomic mass is 9.99. The standard InChI is InChI=1S/C19H25N3O5S/c1-12(23)22(2)17(24)9-10-28(26,27)21-19(25)20-18-15-7-3-5-13(15)11-14-6-4-8-16(14)18/h11H,3-10H2,1-2H3,(H2,20,21,25). The molecule has 0 spiro atoms. The molecule has 0 heterocycles. The normalized spacial score (nSPS) is 14.9. The first-order valence-electron chi connectivity index (χ1n) is 9.43. The van der Waals surface area contributed by atoms with Gasteiger partial charge in [0.05, 0.1) is 5.75 Å². The van der Waals surface area contributed by atoms with E-state index in [2.05, 4.69) is 11.4 Å². The van der Waals surface area contributed by atoms with Gasteiger partial charge < -0.3 is 5.32 Å². The summed E-state index contributed by atoms with van der Waals surface area (Å²) in [6, 6.07) is 1.41. The molecule has 0 unspecified atom stereocenters. The fourth-order valence-corrected chi connectivity index (χ4v) is 4.74. The number of rotatable bonds is 5. The molecule has 1 aromatic rings. The van der Waals surface area contributed by atoms with Crippen LogP contribution in [0.3, 0.4) is 0 Å². The van der Waals surface area contributed by atoms with Crippen LogP contribution in [0.15, 0.2) is 6.07 Å². The lowest BCUT2D eigenvalue weighted by molar-refractivity contribution is -0.141. The summed E-state index contributed by atoms with van der Waals surface area (Å²) in [7, 11) is -2.72. The summed E-state index contributed by atoms with van der Waals surface area (Å²) in [6.45, 7) is 1.22. The maximum absolute atomic E-state index is 12.4. The topological polar surface area (TPSA) is 113 Å². The van der Waals surface area contributed by atoms with Crippen LogP contribution in [-0.4, -0.2) is 44.0 Å².